The van der Waals surface area contributed by atoms with Crippen LogP contribution in [-0.2, 0) is 16.1 Å². The topological polar surface area (TPSA) is 77.5 Å². The van der Waals surface area contributed by atoms with Crippen LogP contribution in [0.1, 0.15) is 46.2 Å². The van der Waals surface area contributed by atoms with Gasteiger partial charge in [-0.05, 0) is 12.5 Å². The van der Waals surface area contributed by atoms with Crippen LogP contribution in [0.2, 0.25) is 0 Å². The molecule has 110 valence electrons. The van der Waals surface area contributed by atoms with Crippen LogP contribution in [0.25, 0.3) is 0 Å². The molecule has 0 saturated carbocycles. The molecule has 6 heteroatoms. The zero-order chi connectivity index (χ0) is 15.0. The number of pyridine rings is 1. The zero-order valence-electron chi connectivity index (χ0n) is 12.1. The zero-order valence-corrected chi connectivity index (χ0v) is 12.1. The fourth-order valence-electron chi connectivity index (χ4n) is 1.58. The molecular weight excluding hydrogens is 260 g/mol. The van der Waals surface area contributed by atoms with E-state index >= 15 is 0 Å². The van der Waals surface area contributed by atoms with Crippen molar-refractivity contribution in [3.8, 4) is 0 Å². The fourth-order valence-corrected chi connectivity index (χ4v) is 1.58. The second-order valence-corrected chi connectivity index (χ2v) is 4.22. The van der Waals surface area contributed by atoms with Crippen molar-refractivity contribution in [2.75, 3.05) is 20.8 Å². The largest absolute Gasteiger partial charge is 0.462 e. The molecule has 0 aromatic carbocycles. The highest BCUT2D eigenvalue weighted by molar-refractivity contribution is 5.98. The van der Waals surface area contributed by atoms with Crippen molar-refractivity contribution in [2.24, 2.45) is 0 Å². The lowest BCUT2D eigenvalue weighted by atomic mass is 10.1. The van der Waals surface area contributed by atoms with E-state index in [4.69, 9.17) is 9.47 Å². The third kappa shape index (κ3) is 4.31. The maximum atomic E-state index is 11.8. The molecule has 1 rings (SSSR count). The summed E-state index contributed by atoms with van der Waals surface area (Å²) in [6.07, 6.45) is 3.15. The second-order valence-electron chi connectivity index (χ2n) is 4.22. The average Bonchev–Trinajstić information content (AvgIpc) is 2.47. The van der Waals surface area contributed by atoms with E-state index in [1.807, 2.05) is 6.92 Å². The molecule has 0 saturated heterocycles. The van der Waals surface area contributed by atoms with Gasteiger partial charge < -0.3 is 14.8 Å². The minimum Gasteiger partial charge on any atom is -0.462 e. The Balaban J connectivity index is 2.93. The van der Waals surface area contributed by atoms with Crippen LogP contribution >= 0.6 is 0 Å². The summed E-state index contributed by atoms with van der Waals surface area (Å²) in [5, 5.41) is 2.51. The third-order valence-corrected chi connectivity index (χ3v) is 2.69. The number of methoxy groups -OCH3 is 1. The molecule has 1 aromatic heterocycles. The Morgan fingerprint density at radius 3 is 2.75 bits per heavy atom. The maximum absolute atomic E-state index is 11.8. The van der Waals surface area contributed by atoms with E-state index in [1.54, 1.807) is 0 Å². The van der Waals surface area contributed by atoms with Crippen molar-refractivity contribution in [3.63, 3.8) is 0 Å². The van der Waals surface area contributed by atoms with Crippen LogP contribution in [-0.4, -0.2) is 37.6 Å². The van der Waals surface area contributed by atoms with Gasteiger partial charge in [0.1, 0.15) is 0 Å². The number of amides is 1. The number of ether oxygens (including phenoxy) is 2. The Morgan fingerprint density at radius 1 is 1.40 bits per heavy atom. The smallest absolute Gasteiger partial charge is 0.339 e. The van der Waals surface area contributed by atoms with Crippen LogP contribution in [0.5, 0.6) is 0 Å². The predicted molar refractivity (Wildman–Crippen MR) is 73.5 cm³/mol. The first-order valence-electron chi connectivity index (χ1n) is 6.51. The molecule has 0 unspecified atom stereocenters. The molecule has 6 nitrogen and oxygen atoms in total. The quantitative estimate of drug-likeness (QED) is 0.605. The molecule has 0 atom stereocenters. The van der Waals surface area contributed by atoms with E-state index in [-0.39, 0.29) is 18.1 Å². The van der Waals surface area contributed by atoms with Gasteiger partial charge in [0.05, 0.1) is 30.0 Å². The van der Waals surface area contributed by atoms with Gasteiger partial charge in [-0.1, -0.05) is 13.3 Å². The number of carbonyl (C=O) groups is 2. The van der Waals surface area contributed by atoms with E-state index in [1.165, 1.54) is 26.4 Å². The first-order chi connectivity index (χ1) is 9.63. The SMILES string of the molecule is CCCCOC(=O)c1cnc(COC)c(C(=O)NC)c1. The highest BCUT2D eigenvalue weighted by Crippen LogP contribution is 2.11. The number of nitrogens with zero attached hydrogens (tertiary/aromatic N) is 1. The second kappa shape index (κ2) is 8.27. The molecule has 0 fully saturated rings. The maximum Gasteiger partial charge on any atom is 0.339 e. The summed E-state index contributed by atoms with van der Waals surface area (Å²) in [5.74, 6) is -0.784. The van der Waals surface area contributed by atoms with Crippen LogP contribution in [0.15, 0.2) is 12.3 Å². The van der Waals surface area contributed by atoms with Gasteiger partial charge in [0, 0.05) is 20.4 Å². The predicted octanol–water partition coefficient (Wildman–Crippen LogP) is 1.54. The summed E-state index contributed by atoms with van der Waals surface area (Å²) in [7, 11) is 3.04. The van der Waals surface area contributed by atoms with Gasteiger partial charge in [-0.15, -0.1) is 0 Å². The normalized spacial score (nSPS) is 10.2. The lowest BCUT2D eigenvalue weighted by Crippen LogP contribution is -2.21. The first-order valence-corrected chi connectivity index (χ1v) is 6.51. The number of hydrogen-bond acceptors (Lipinski definition) is 5. The van der Waals surface area contributed by atoms with Gasteiger partial charge in [0.25, 0.3) is 5.91 Å². The number of rotatable bonds is 7. The molecule has 20 heavy (non-hydrogen) atoms. The Hall–Kier alpha value is -1.95. The van der Waals surface area contributed by atoms with Crippen molar-refractivity contribution in [3.05, 3.63) is 29.1 Å². The monoisotopic (exact) mass is 280 g/mol. The van der Waals surface area contributed by atoms with Crippen molar-refractivity contribution < 1.29 is 19.1 Å². The van der Waals surface area contributed by atoms with Crippen LogP contribution < -0.4 is 5.32 Å². The molecule has 0 aliphatic carbocycles. The van der Waals surface area contributed by atoms with Crippen molar-refractivity contribution in [1.29, 1.82) is 0 Å². The minimum absolute atomic E-state index is 0.202. The number of nitrogens with one attached hydrogen (secondary N) is 1. The summed E-state index contributed by atoms with van der Waals surface area (Å²) >= 11 is 0. The molecule has 0 aliphatic rings. The van der Waals surface area contributed by atoms with Crippen LogP contribution in [0.4, 0.5) is 0 Å². The molecule has 1 N–H and O–H groups in total. The van der Waals surface area contributed by atoms with Crippen molar-refractivity contribution in [1.82, 2.24) is 10.3 Å². The van der Waals surface area contributed by atoms with Gasteiger partial charge >= 0.3 is 5.97 Å². The standard InChI is InChI=1S/C14H20N2O4/c1-4-5-6-20-14(18)10-7-11(13(17)15-2)12(9-19-3)16-8-10/h7-8H,4-6,9H2,1-3H3,(H,15,17). The molecule has 1 amide bonds. The number of carbonyl (C=O) groups excluding carboxylic acids is 2. The number of unbranched alkanes of at least 4 members (excludes halogenated alkanes) is 1. The Labute approximate surface area is 118 Å². The molecule has 0 spiro atoms. The van der Waals surface area contributed by atoms with Gasteiger partial charge in [-0.25, -0.2) is 4.79 Å². The van der Waals surface area contributed by atoms with Crippen molar-refractivity contribution in [2.45, 2.75) is 26.4 Å². The van der Waals surface area contributed by atoms with Crippen molar-refractivity contribution >= 4 is 11.9 Å². The Morgan fingerprint density at radius 2 is 2.15 bits per heavy atom. The molecule has 0 aliphatic heterocycles. The number of esters is 1. The van der Waals surface area contributed by atoms with E-state index in [0.29, 0.717) is 17.9 Å². The van der Waals surface area contributed by atoms with Crippen LogP contribution in [0.3, 0.4) is 0 Å². The highest BCUT2D eigenvalue weighted by atomic mass is 16.5. The van der Waals surface area contributed by atoms with Gasteiger partial charge in [-0.3, -0.25) is 9.78 Å². The van der Waals surface area contributed by atoms with Gasteiger partial charge in [0.15, 0.2) is 0 Å². The number of hydrogen-bond donors (Lipinski definition) is 1. The molecular formula is C14H20N2O4. The Bertz CT molecular complexity index is 474. The summed E-state index contributed by atoms with van der Waals surface area (Å²) in [6.45, 7) is 2.58. The minimum atomic E-state index is -0.472. The number of aromatic nitrogens is 1. The lowest BCUT2D eigenvalue weighted by molar-refractivity contribution is 0.0499. The van der Waals surface area contributed by atoms with E-state index < -0.39 is 5.97 Å². The Kier molecular flexibility index (Phi) is 6.66. The van der Waals surface area contributed by atoms with E-state index in [9.17, 15) is 9.59 Å². The summed E-state index contributed by atoms with van der Waals surface area (Å²) in [5.41, 5.74) is 1.07. The summed E-state index contributed by atoms with van der Waals surface area (Å²) in [6, 6.07) is 1.48. The summed E-state index contributed by atoms with van der Waals surface area (Å²) in [4.78, 5) is 27.7. The average molecular weight is 280 g/mol. The lowest BCUT2D eigenvalue weighted by Gasteiger charge is -2.09. The van der Waals surface area contributed by atoms with Gasteiger partial charge in [0.2, 0.25) is 0 Å². The fraction of sp³-hybridized carbons (Fsp3) is 0.500. The summed E-state index contributed by atoms with van der Waals surface area (Å²) < 4.78 is 10.1. The van der Waals surface area contributed by atoms with Gasteiger partial charge in [-0.2, -0.15) is 0 Å². The third-order valence-electron chi connectivity index (χ3n) is 2.69. The van der Waals surface area contributed by atoms with Crippen LogP contribution in [0, 0.1) is 0 Å². The highest BCUT2D eigenvalue weighted by Gasteiger charge is 2.16. The van der Waals surface area contributed by atoms with E-state index in [2.05, 4.69) is 10.3 Å². The molecule has 0 radical (unpaired) electrons. The molecule has 1 aromatic rings. The molecule has 0 bridgehead atoms. The first kappa shape index (κ1) is 16.1. The van der Waals surface area contributed by atoms with E-state index in [0.717, 1.165) is 12.8 Å². The molecule has 1 heterocycles.